The van der Waals surface area contributed by atoms with Gasteiger partial charge in [0.15, 0.2) is 0 Å². The summed E-state index contributed by atoms with van der Waals surface area (Å²) in [6.07, 6.45) is 0.954. The van der Waals surface area contributed by atoms with Gasteiger partial charge in [0.05, 0.1) is 0 Å². The van der Waals surface area contributed by atoms with Crippen LogP contribution < -0.4 is 4.74 Å². The van der Waals surface area contributed by atoms with Gasteiger partial charge < -0.3 is 4.74 Å². The van der Waals surface area contributed by atoms with Crippen LogP contribution in [0.5, 0.6) is 5.75 Å². The third-order valence-corrected chi connectivity index (χ3v) is 4.52. The van der Waals surface area contributed by atoms with Crippen molar-refractivity contribution in [3.05, 3.63) is 64.7 Å². The second kappa shape index (κ2) is 4.62. The molecule has 1 radical (unpaired) electrons. The fourth-order valence-electron chi connectivity index (χ4n) is 3.47. The van der Waals surface area contributed by atoms with Crippen LogP contribution >= 0.6 is 0 Å². The minimum Gasteiger partial charge on any atom is -0.482 e. The van der Waals surface area contributed by atoms with E-state index in [9.17, 15) is 0 Å². The number of hydrogen-bond donors (Lipinski definition) is 0. The highest BCUT2D eigenvalue weighted by Gasteiger charge is 2.42. The minimum absolute atomic E-state index is 0.0920. The van der Waals surface area contributed by atoms with Gasteiger partial charge in [-0.1, -0.05) is 49.7 Å². The topological polar surface area (TPSA) is 9.23 Å². The van der Waals surface area contributed by atoms with Crippen LogP contribution in [0.4, 0.5) is 0 Å². The summed E-state index contributed by atoms with van der Waals surface area (Å²) in [6, 6.07) is 16.3. The van der Waals surface area contributed by atoms with E-state index in [-0.39, 0.29) is 11.0 Å². The van der Waals surface area contributed by atoms with Gasteiger partial charge in [0.25, 0.3) is 0 Å². The van der Waals surface area contributed by atoms with Gasteiger partial charge >= 0.3 is 0 Å². The molecule has 3 rings (SSSR count). The Balaban J connectivity index is 2.09. The zero-order valence-electron chi connectivity index (χ0n) is 13.6. The lowest BCUT2D eigenvalue weighted by Gasteiger charge is -2.44. The molecule has 0 saturated carbocycles. The van der Waals surface area contributed by atoms with Crippen molar-refractivity contribution in [2.45, 2.75) is 52.1 Å². The Morgan fingerprint density at radius 3 is 2.38 bits per heavy atom. The summed E-state index contributed by atoms with van der Waals surface area (Å²) in [5.41, 5.74) is 4.67. The van der Waals surface area contributed by atoms with Crippen LogP contribution in [0.3, 0.4) is 0 Å². The summed E-state index contributed by atoms with van der Waals surface area (Å²) in [7, 11) is 0. The van der Waals surface area contributed by atoms with Gasteiger partial charge in [-0.05, 0) is 49.4 Å². The van der Waals surface area contributed by atoms with Crippen molar-refractivity contribution in [3.63, 3.8) is 0 Å². The molecular weight excluding hydrogens is 256 g/mol. The van der Waals surface area contributed by atoms with Crippen molar-refractivity contribution < 1.29 is 4.74 Å². The summed E-state index contributed by atoms with van der Waals surface area (Å²) in [5.74, 6) is 1.02. The Labute approximate surface area is 128 Å². The summed E-state index contributed by atoms with van der Waals surface area (Å²) >= 11 is 0. The lowest BCUT2D eigenvalue weighted by atomic mass is 9.71. The summed E-state index contributed by atoms with van der Waals surface area (Å²) in [6.45, 7) is 11.0. The molecule has 0 amide bonds. The van der Waals surface area contributed by atoms with Crippen molar-refractivity contribution in [2.24, 2.45) is 0 Å². The minimum atomic E-state index is -0.321. The first kappa shape index (κ1) is 14.2. The zero-order chi connectivity index (χ0) is 15.3. The smallest absolute Gasteiger partial charge is 0.133 e. The van der Waals surface area contributed by atoms with Gasteiger partial charge in [-0.2, -0.15) is 0 Å². The molecule has 0 aliphatic carbocycles. The van der Waals surface area contributed by atoms with Crippen LogP contribution in [0.2, 0.25) is 0 Å². The Hall–Kier alpha value is -1.76. The molecule has 0 fully saturated rings. The zero-order valence-corrected chi connectivity index (χ0v) is 13.6. The first-order chi connectivity index (χ1) is 9.80. The predicted molar refractivity (Wildman–Crippen MR) is 86.8 cm³/mol. The lowest BCUT2D eigenvalue weighted by molar-refractivity contribution is 0.0322. The summed E-state index contributed by atoms with van der Waals surface area (Å²) in [5, 5.41) is 0. The average Bonchev–Trinajstić information content (AvgIpc) is 2.37. The first-order valence-electron chi connectivity index (χ1n) is 7.59. The highest BCUT2D eigenvalue weighted by atomic mass is 16.5. The number of rotatable bonds is 1. The van der Waals surface area contributed by atoms with Crippen molar-refractivity contribution in [1.29, 1.82) is 0 Å². The Bertz CT molecular complexity index is 667. The van der Waals surface area contributed by atoms with E-state index in [2.05, 4.69) is 71.0 Å². The highest BCUT2D eigenvalue weighted by molar-refractivity contribution is 5.45. The molecule has 1 unspecified atom stereocenters. The van der Waals surface area contributed by atoms with Gasteiger partial charge in [0, 0.05) is 12.0 Å². The quantitative estimate of drug-likeness (QED) is 0.707. The largest absolute Gasteiger partial charge is 0.482 e. The van der Waals surface area contributed by atoms with Crippen LogP contribution in [0.25, 0.3) is 0 Å². The van der Waals surface area contributed by atoms with Gasteiger partial charge in [0.2, 0.25) is 0 Å². The molecule has 2 aromatic carbocycles. The average molecular weight is 279 g/mol. The van der Waals surface area contributed by atoms with Gasteiger partial charge in [-0.3, -0.25) is 0 Å². The molecule has 21 heavy (non-hydrogen) atoms. The molecule has 1 heteroatoms. The van der Waals surface area contributed by atoms with Gasteiger partial charge in [-0.15, -0.1) is 0 Å². The number of benzene rings is 2. The molecule has 1 aliphatic rings. The number of ether oxygens (including phenoxy) is 1. The van der Waals surface area contributed by atoms with Crippen molar-refractivity contribution >= 4 is 0 Å². The molecule has 1 nitrogen and oxygen atoms in total. The van der Waals surface area contributed by atoms with E-state index in [1.807, 2.05) is 6.07 Å². The maximum absolute atomic E-state index is 6.43. The Morgan fingerprint density at radius 2 is 1.71 bits per heavy atom. The van der Waals surface area contributed by atoms with Crippen molar-refractivity contribution in [3.8, 4) is 5.75 Å². The highest BCUT2D eigenvalue weighted by Crippen LogP contribution is 2.48. The van der Waals surface area contributed by atoms with Gasteiger partial charge in [-0.25, -0.2) is 0 Å². The van der Waals surface area contributed by atoms with E-state index in [1.54, 1.807) is 0 Å². The van der Waals surface area contributed by atoms with Gasteiger partial charge in [0.1, 0.15) is 11.4 Å². The van der Waals surface area contributed by atoms with Crippen LogP contribution in [0.15, 0.2) is 36.4 Å². The van der Waals surface area contributed by atoms with Crippen molar-refractivity contribution in [1.82, 2.24) is 0 Å². The van der Waals surface area contributed by atoms with Crippen molar-refractivity contribution in [2.75, 3.05) is 0 Å². The molecule has 0 spiro atoms. The summed E-state index contributed by atoms with van der Waals surface area (Å²) in [4.78, 5) is 0. The molecule has 1 atom stereocenters. The number of hydrogen-bond acceptors (Lipinski definition) is 1. The fourth-order valence-corrected chi connectivity index (χ4v) is 3.47. The molecule has 0 bridgehead atoms. The Morgan fingerprint density at radius 1 is 1.00 bits per heavy atom. The van der Waals surface area contributed by atoms with E-state index in [0.717, 1.165) is 17.7 Å². The molecule has 1 heterocycles. The molecule has 0 saturated heterocycles. The van der Waals surface area contributed by atoms with E-state index in [0.29, 0.717) is 0 Å². The van der Waals surface area contributed by atoms with Crippen LogP contribution in [-0.2, 0) is 11.0 Å². The summed E-state index contributed by atoms with van der Waals surface area (Å²) < 4.78 is 6.43. The third-order valence-electron chi connectivity index (χ3n) is 4.52. The monoisotopic (exact) mass is 279 g/mol. The predicted octanol–water partition coefficient (Wildman–Crippen LogP) is 5.08. The number of aryl methyl sites for hydroxylation is 2. The van der Waals surface area contributed by atoms with E-state index < -0.39 is 0 Å². The maximum atomic E-state index is 6.43. The van der Waals surface area contributed by atoms with E-state index >= 15 is 0 Å². The molecular formula is C20H23O. The third kappa shape index (κ3) is 2.46. The van der Waals surface area contributed by atoms with Crippen LogP contribution in [0, 0.1) is 19.9 Å². The lowest BCUT2D eigenvalue weighted by Crippen LogP contribution is -2.41. The molecule has 0 N–H and O–H groups in total. The second-order valence-corrected chi connectivity index (χ2v) is 7.17. The number of fused-ring (bicyclic) bond motifs is 1. The molecule has 0 aromatic heterocycles. The fraction of sp³-hybridized carbons (Fsp3) is 0.400. The van der Waals surface area contributed by atoms with Crippen LogP contribution in [0.1, 0.15) is 49.4 Å². The second-order valence-electron chi connectivity index (χ2n) is 7.17. The molecule has 1 aliphatic heterocycles. The standard InChI is InChI=1S/C20H23O/c1-14-6-9-16(10-7-14)20(5)13-19(3,4)17-11-8-15(2)12-18(17)21-20/h6-9,11-12H,13H2,1-5H3. The van der Waals surface area contributed by atoms with E-state index in [4.69, 9.17) is 4.74 Å². The van der Waals surface area contributed by atoms with Crippen LogP contribution in [-0.4, -0.2) is 0 Å². The molecule has 2 aromatic rings. The molecule has 109 valence electrons. The first-order valence-corrected chi connectivity index (χ1v) is 7.59. The van der Waals surface area contributed by atoms with E-state index in [1.165, 1.54) is 16.7 Å². The normalized spacial score (nSPS) is 23.3. The SMILES string of the molecule is Cc1c[c]c(C2(C)CC(C)(C)c3ccc(C)cc3O2)cc1. The Kier molecular flexibility index (Phi) is 3.12. The maximum Gasteiger partial charge on any atom is 0.133 e.